The minimum Gasteiger partial charge on any atom is -0.482 e. The van der Waals surface area contributed by atoms with Gasteiger partial charge in [-0.05, 0) is 55.2 Å². The Labute approximate surface area is 204 Å². The number of carboxylic acid groups (broad SMARTS) is 1. The van der Waals surface area contributed by atoms with E-state index >= 15 is 0 Å². The summed E-state index contributed by atoms with van der Waals surface area (Å²) < 4.78 is 36.8. The molecule has 0 aliphatic carbocycles. The summed E-state index contributed by atoms with van der Waals surface area (Å²) in [6.45, 7) is 5.32. The molecule has 0 bridgehead atoms. The molecule has 1 aliphatic rings. The molecule has 1 heterocycles. The van der Waals surface area contributed by atoms with Gasteiger partial charge in [-0.3, -0.25) is 0 Å². The molecule has 1 atom stereocenters. The first-order valence-corrected chi connectivity index (χ1v) is 12.8. The highest BCUT2D eigenvalue weighted by Crippen LogP contribution is 2.42. The Morgan fingerprint density at radius 2 is 1.67 bits per heavy atom. The van der Waals surface area contributed by atoms with Crippen molar-refractivity contribution in [1.82, 2.24) is 4.90 Å². The van der Waals surface area contributed by atoms with Gasteiger partial charge in [0.25, 0.3) is 0 Å². The van der Waals surface area contributed by atoms with Gasteiger partial charge in [-0.15, -0.1) is 0 Å². The quantitative estimate of drug-likeness (QED) is 0.332. The number of rotatable bonds is 11. The fourth-order valence-electron chi connectivity index (χ4n) is 4.29. The van der Waals surface area contributed by atoms with Gasteiger partial charge in [0.05, 0.1) is 12.1 Å². The predicted octanol–water partition coefficient (Wildman–Crippen LogP) is 7.11. The van der Waals surface area contributed by atoms with Crippen LogP contribution in [0, 0.1) is 11.3 Å². The van der Waals surface area contributed by atoms with Crippen LogP contribution < -0.4 is 4.74 Å². The summed E-state index contributed by atoms with van der Waals surface area (Å²) in [5.74, 6) is -3.06. The van der Waals surface area contributed by atoms with Crippen LogP contribution in [0.15, 0.2) is 4.47 Å². The fraction of sp³-hybridized carbons (Fsp3) is 0.680. The largest absolute Gasteiger partial charge is 0.482 e. The highest BCUT2D eigenvalue weighted by atomic mass is 79.9. The number of hydrogen-bond donors (Lipinski definition) is 1. The highest BCUT2D eigenvalue weighted by molar-refractivity contribution is 9.10. The highest BCUT2D eigenvalue weighted by Gasteiger charge is 2.48. The van der Waals surface area contributed by atoms with Crippen molar-refractivity contribution in [2.75, 3.05) is 13.1 Å². The molecule has 0 spiro atoms. The molecular formula is C25H35BrF2N2O3. The number of halogens is 3. The van der Waals surface area contributed by atoms with Crippen molar-refractivity contribution in [3.63, 3.8) is 0 Å². The average molecular weight is 529 g/mol. The van der Waals surface area contributed by atoms with Gasteiger partial charge in [0.2, 0.25) is 0 Å². The lowest BCUT2D eigenvalue weighted by molar-refractivity contribution is -0.133. The second kappa shape index (κ2) is 12.5. The molecule has 1 aliphatic heterocycles. The summed E-state index contributed by atoms with van der Waals surface area (Å²) in [7, 11) is 0. The van der Waals surface area contributed by atoms with Crippen molar-refractivity contribution in [3.8, 4) is 11.8 Å². The van der Waals surface area contributed by atoms with Crippen molar-refractivity contribution in [2.24, 2.45) is 0 Å². The first kappa shape index (κ1) is 27.4. The number of ether oxygens (including phenoxy) is 1. The SMILES string of the molecule is CCCCc1c(Br)c(CCCC)c(CCCC)c(O[C@H]2CCN(C(=O)O)CC2(F)F)c1C#N. The number of hydrogen-bond acceptors (Lipinski definition) is 3. The van der Waals surface area contributed by atoms with Crippen LogP contribution in [0.25, 0.3) is 0 Å². The molecule has 1 aromatic carbocycles. The molecule has 1 saturated heterocycles. The number of amides is 1. The molecule has 8 heteroatoms. The number of likely N-dealkylation sites (tertiary alicyclic amines) is 1. The molecule has 5 nitrogen and oxygen atoms in total. The van der Waals surface area contributed by atoms with E-state index in [-0.39, 0.29) is 18.7 Å². The van der Waals surface area contributed by atoms with Crippen molar-refractivity contribution in [3.05, 3.63) is 26.7 Å². The number of carbonyl (C=O) groups is 1. The smallest absolute Gasteiger partial charge is 0.407 e. The van der Waals surface area contributed by atoms with Crippen LogP contribution in [0.3, 0.4) is 0 Å². The Morgan fingerprint density at radius 3 is 2.15 bits per heavy atom. The number of piperidine rings is 1. The van der Waals surface area contributed by atoms with Crippen LogP contribution in [0.4, 0.5) is 13.6 Å². The minimum atomic E-state index is -3.34. The predicted molar refractivity (Wildman–Crippen MR) is 128 cm³/mol. The van der Waals surface area contributed by atoms with Gasteiger partial charge in [0, 0.05) is 17.4 Å². The summed E-state index contributed by atoms with van der Waals surface area (Å²) >= 11 is 3.75. The van der Waals surface area contributed by atoms with Crippen LogP contribution in [-0.4, -0.2) is 41.2 Å². The standard InChI is InChI=1S/C25H35BrF2N2O3/c1-4-7-10-17-19(12-9-6-3)23(20(15-29)18(22(17)26)11-8-5-2)33-21-13-14-30(24(31)32)16-25(21,27)28/h21H,4-14,16H2,1-3H3,(H,31,32)/t21-/m0/s1. The zero-order chi connectivity index (χ0) is 24.6. The lowest BCUT2D eigenvalue weighted by Gasteiger charge is -2.37. The second-order valence-electron chi connectivity index (χ2n) is 8.74. The van der Waals surface area contributed by atoms with E-state index in [2.05, 4.69) is 42.8 Å². The number of alkyl halides is 2. The van der Waals surface area contributed by atoms with E-state index in [4.69, 9.17) is 9.84 Å². The van der Waals surface area contributed by atoms with Gasteiger partial charge in [0.1, 0.15) is 11.8 Å². The van der Waals surface area contributed by atoms with Gasteiger partial charge >= 0.3 is 12.0 Å². The van der Waals surface area contributed by atoms with Crippen LogP contribution in [0.1, 0.15) is 88.0 Å². The van der Waals surface area contributed by atoms with Crippen LogP contribution in [0.5, 0.6) is 5.75 Å². The van der Waals surface area contributed by atoms with E-state index in [0.29, 0.717) is 18.4 Å². The first-order valence-electron chi connectivity index (χ1n) is 12.0. The third kappa shape index (κ3) is 6.59. The number of benzene rings is 1. The van der Waals surface area contributed by atoms with Gasteiger partial charge in [-0.25, -0.2) is 13.6 Å². The topological polar surface area (TPSA) is 73.6 Å². The van der Waals surface area contributed by atoms with Gasteiger partial charge in [-0.2, -0.15) is 5.26 Å². The van der Waals surface area contributed by atoms with Gasteiger partial charge < -0.3 is 14.7 Å². The summed E-state index contributed by atoms with van der Waals surface area (Å²) in [6.07, 6.45) is 4.68. The Hall–Kier alpha value is -1.88. The Balaban J connectivity index is 2.61. The second-order valence-corrected chi connectivity index (χ2v) is 9.53. The van der Waals surface area contributed by atoms with E-state index in [1.165, 1.54) is 0 Å². The third-order valence-corrected chi connectivity index (χ3v) is 7.17. The van der Waals surface area contributed by atoms with Crippen LogP contribution in [0.2, 0.25) is 0 Å². The average Bonchev–Trinajstić information content (AvgIpc) is 2.77. The fourth-order valence-corrected chi connectivity index (χ4v) is 5.12. The Kier molecular flexibility index (Phi) is 10.4. The number of unbranched alkanes of at least 4 members (excludes halogenated alkanes) is 3. The first-order chi connectivity index (χ1) is 15.7. The monoisotopic (exact) mass is 528 g/mol. The van der Waals surface area contributed by atoms with E-state index in [0.717, 1.165) is 71.0 Å². The van der Waals surface area contributed by atoms with E-state index in [9.17, 15) is 18.8 Å². The van der Waals surface area contributed by atoms with Crippen molar-refractivity contribution >= 4 is 22.0 Å². The van der Waals surface area contributed by atoms with E-state index in [1.807, 2.05) is 0 Å². The molecule has 33 heavy (non-hydrogen) atoms. The number of nitrogens with zero attached hydrogens (tertiary/aromatic N) is 2. The van der Waals surface area contributed by atoms with Gasteiger partial charge in [0.15, 0.2) is 6.10 Å². The van der Waals surface area contributed by atoms with E-state index in [1.54, 1.807) is 0 Å². The zero-order valence-electron chi connectivity index (χ0n) is 19.9. The van der Waals surface area contributed by atoms with Crippen molar-refractivity contribution < 1.29 is 23.4 Å². The maximum atomic E-state index is 14.9. The van der Waals surface area contributed by atoms with Crippen LogP contribution >= 0.6 is 15.9 Å². The molecule has 0 radical (unpaired) electrons. The van der Waals surface area contributed by atoms with Crippen molar-refractivity contribution in [2.45, 2.75) is 97.0 Å². The molecule has 0 unspecified atom stereocenters. The summed E-state index contributed by atoms with van der Waals surface area (Å²) in [5.41, 5.74) is 3.05. The minimum absolute atomic E-state index is 0.0241. The Morgan fingerprint density at radius 1 is 1.12 bits per heavy atom. The molecule has 1 N–H and O–H groups in total. The lowest BCUT2D eigenvalue weighted by Crippen LogP contribution is -2.55. The maximum absolute atomic E-state index is 14.9. The third-order valence-electron chi connectivity index (χ3n) is 6.21. The molecule has 1 aromatic rings. The van der Waals surface area contributed by atoms with E-state index < -0.39 is 24.7 Å². The zero-order valence-corrected chi connectivity index (χ0v) is 21.4. The molecule has 1 amide bonds. The normalized spacial score (nSPS) is 17.6. The number of nitriles is 1. The maximum Gasteiger partial charge on any atom is 0.407 e. The molecular weight excluding hydrogens is 494 g/mol. The molecule has 2 rings (SSSR count). The molecule has 0 aromatic heterocycles. The van der Waals surface area contributed by atoms with Crippen molar-refractivity contribution in [1.29, 1.82) is 5.26 Å². The van der Waals surface area contributed by atoms with Gasteiger partial charge in [-0.1, -0.05) is 56.0 Å². The molecule has 184 valence electrons. The summed E-state index contributed by atoms with van der Waals surface area (Å²) in [6, 6.07) is 2.25. The molecule has 1 fully saturated rings. The summed E-state index contributed by atoms with van der Waals surface area (Å²) in [5, 5.41) is 19.2. The molecule has 0 saturated carbocycles. The lowest BCUT2D eigenvalue weighted by atomic mass is 9.89. The van der Waals surface area contributed by atoms with Crippen LogP contribution in [-0.2, 0) is 19.3 Å². The Bertz CT molecular complexity index is 870. The summed E-state index contributed by atoms with van der Waals surface area (Å²) in [4.78, 5) is 11.9.